The Labute approximate surface area is 214 Å². The number of carboxylic acids is 1. The molecule has 1 heterocycles. The second-order valence-electron chi connectivity index (χ2n) is 9.92. The molecule has 4 atom stereocenters. The smallest absolute Gasteiger partial charge is 0.306 e. The van der Waals surface area contributed by atoms with Gasteiger partial charge in [0.25, 0.3) is 0 Å². The van der Waals surface area contributed by atoms with Gasteiger partial charge in [0.2, 0.25) is 0 Å². The van der Waals surface area contributed by atoms with Crippen LogP contribution >= 0.6 is 0 Å². The molecule has 2 aromatic carbocycles. The molecule has 0 amide bonds. The second-order valence-corrected chi connectivity index (χ2v) is 9.92. The number of benzene rings is 2. The van der Waals surface area contributed by atoms with Crippen molar-refractivity contribution >= 4 is 12.0 Å². The van der Waals surface area contributed by atoms with E-state index in [9.17, 15) is 19.4 Å². The zero-order valence-corrected chi connectivity index (χ0v) is 21.7. The van der Waals surface area contributed by atoms with Gasteiger partial charge in [-0.15, -0.1) is 0 Å². The van der Waals surface area contributed by atoms with Crippen molar-refractivity contribution in [2.45, 2.75) is 71.1 Å². The Morgan fingerprint density at radius 2 is 2.06 bits per heavy atom. The van der Waals surface area contributed by atoms with E-state index < -0.39 is 12.1 Å². The number of aryl methyl sites for hydroxylation is 1. The number of ether oxygens (including phenoxy) is 1. The van der Waals surface area contributed by atoms with Crippen LogP contribution in [0.5, 0.6) is 0 Å². The molecule has 1 aliphatic rings. The minimum absolute atomic E-state index is 0.165. The van der Waals surface area contributed by atoms with Gasteiger partial charge in [-0.1, -0.05) is 55.5 Å². The van der Waals surface area contributed by atoms with Gasteiger partial charge in [-0.3, -0.25) is 9.69 Å². The number of rotatable bonds is 13. The molecule has 0 aromatic heterocycles. The van der Waals surface area contributed by atoms with Gasteiger partial charge in [-0.05, 0) is 80.8 Å². The van der Waals surface area contributed by atoms with E-state index in [4.69, 9.17) is 4.74 Å². The van der Waals surface area contributed by atoms with Gasteiger partial charge >= 0.3 is 5.97 Å². The molecular formula is C30H40FNO4. The van der Waals surface area contributed by atoms with Gasteiger partial charge in [0, 0.05) is 12.6 Å². The quantitative estimate of drug-likeness (QED) is 0.366. The summed E-state index contributed by atoms with van der Waals surface area (Å²) in [5, 5.41) is 20.0. The number of β-amino-alcohol motifs (C(OH)–C–C–N with tert-alkyl or cyclic N) is 1. The number of carbonyl (C=O) groups is 1. The van der Waals surface area contributed by atoms with Crippen molar-refractivity contribution < 1.29 is 24.1 Å². The first-order chi connectivity index (χ1) is 17.3. The van der Waals surface area contributed by atoms with Gasteiger partial charge in [0.1, 0.15) is 5.82 Å². The summed E-state index contributed by atoms with van der Waals surface area (Å²) in [5.74, 6) is -1.31. The second kappa shape index (κ2) is 13.7. The van der Waals surface area contributed by atoms with Crippen LogP contribution in [0, 0.1) is 18.7 Å². The summed E-state index contributed by atoms with van der Waals surface area (Å²) in [4.78, 5) is 13.6. The van der Waals surface area contributed by atoms with E-state index in [0.717, 1.165) is 42.5 Å². The molecule has 1 aliphatic heterocycles. The number of halogens is 1. The predicted octanol–water partition coefficient (Wildman–Crippen LogP) is 5.79. The first-order valence-corrected chi connectivity index (χ1v) is 13.1. The summed E-state index contributed by atoms with van der Waals surface area (Å²) in [6, 6.07) is 13.6. The lowest BCUT2D eigenvalue weighted by Gasteiger charge is -2.27. The maximum absolute atomic E-state index is 14.0. The zero-order valence-electron chi connectivity index (χ0n) is 21.7. The van der Waals surface area contributed by atoms with Crippen LogP contribution in [-0.4, -0.2) is 52.9 Å². The van der Waals surface area contributed by atoms with Crippen molar-refractivity contribution in [2.24, 2.45) is 5.92 Å². The molecule has 1 unspecified atom stereocenters. The van der Waals surface area contributed by atoms with Crippen molar-refractivity contribution in [3.63, 3.8) is 0 Å². The summed E-state index contributed by atoms with van der Waals surface area (Å²) < 4.78 is 20.0. The lowest BCUT2D eigenvalue weighted by Crippen LogP contribution is -2.39. The number of likely N-dealkylation sites (tertiary alicyclic amines) is 1. The number of aliphatic hydroxyl groups excluding tert-OH is 1. The molecule has 2 N–H and O–H groups in total. The highest BCUT2D eigenvalue weighted by molar-refractivity contribution is 5.70. The highest BCUT2D eigenvalue weighted by Gasteiger charge is 2.27. The first kappa shape index (κ1) is 28.0. The molecule has 2 aromatic rings. The van der Waals surface area contributed by atoms with E-state index in [0.29, 0.717) is 31.0 Å². The highest BCUT2D eigenvalue weighted by atomic mass is 19.1. The molecular weight excluding hydrogens is 457 g/mol. The molecule has 1 saturated heterocycles. The lowest BCUT2D eigenvalue weighted by molar-refractivity contribution is -0.141. The van der Waals surface area contributed by atoms with Crippen LogP contribution in [0.15, 0.2) is 48.5 Å². The fourth-order valence-corrected chi connectivity index (χ4v) is 4.90. The molecule has 6 heteroatoms. The van der Waals surface area contributed by atoms with E-state index in [1.807, 2.05) is 62.4 Å². The fraction of sp³-hybridized carbons (Fsp3) is 0.500. The SMILES string of the molecule is CCC(CC=Cc1ccccc1[C@@H](C)OC[C@H](O)CN1CCC[C@H]1Cc1ccc(C)c(F)c1)C(=O)O. The maximum Gasteiger partial charge on any atom is 0.306 e. The van der Waals surface area contributed by atoms with Crippen LogP contribution in [0.1, 0.15) is 67.9 Å². The van der Waals surface area contributed by atoms with E-state index in [2.05, 4.69) is 4.90 Å². The normalized spacial score (nSPS) is 19.0. The Morgan fingerprint density at radius 1 is 1.28 bits per heavy atom. The summed E-state index contributed by atoms with van der Waals surface area (Å²) in [6.07, 6.45) is 7.01. The lowest BCUT2D eigenvalue weighted by atomic mass is 9.99. The van der Waals surface area contributed by atoms with Gasteiger partial charge in [0.05, 0.1) is 24.7 Å². The van der Waals surface area contributed by atoms with E-state index in [1.165, 1.54) is 0 Å². The molecule has 0 saturated carbocycles. The molecule has 0 radical (unpaired) electrons. The number of nitrogens with zero attached hydrogens (tertiary/aromatic N) is 1. The summed E-state index contributed by atoms with van der Waals surface area (Å²) in [5.41, 5.74) is 3.65. The number of carboxylic acid groups (broad SMARTS) is 1. The topological polar surface area (TPSA) is 70.0 Å². The van der Waals surface area contributed by atoms with Crippen molar-refractivity contribution in [3.8, 4) is 0 Å². The Bertz CT molecular complexity index is 1020. The van der Waals surface area contributed by atoms with Crippen molar-refractivity contribution in [1.29, 1.82) is 0 Å². The molecule has 196 valence electrons. The number of hydrogen-bond acceptors (Lipinski definition) is 4. The van der Waals surface area contributed by atoms with E-state index >= 15 is 0 Å². The highest BCUT2D eigenvalue weighted by Crippen LogP contribution is 2.25. The van der Waals surface area contributed by atoms with E-state index in [1.54, 1.807) is 13.0 Å². The third kappa shape index (κ3) is 7.99. The van der Waals surface area contributed by atoms with Gasteiger partial charge in [0.15, 0.2) is 0 Å². The predicted molar refractivity (Wildman–Crippen MR) is 141 cm³/mol. The minimum Gasteiger partial charge on any atom is -0.481 e. The maximum atomic E-state index is 14.0. The first-order valence-electron chi connectivity index (χ1n) is 13.1. The third-order valence-corrected chi connectivity index (χ3v) is 7.18. The molecule has 36 heavy (non-hydrogen) atoms. The van der Waals surface area contributed by atoms with Gasteiger partial charge < -0.3 is 14.9 Å². The van der Waals surface area contributed by atoms with Crippen LogP contribution in [0.3, 0.4) is 0 Å². The van der Waals surface area contributed by atoms with Crippen LogP contribution in [-0.2, 0) is 16.0 Å². The van der Waals surface area contributed by atoms with Crippen LogP contribution < -0.4 is 0 Å². The van der Waals surface area contributed by atoms with E-state index in [-0.39, 0.29) is 24.4 Å². The summed E-state index contributed by atoms with van der Waals surface area (Å²) in [6.45, 7) is 7.30. The van der Waals surface area contributed by atoms with Crippen molar-refractivity contribution in [3.05, 3.63) is 76.6 Å². The molecule has 0 spiro atoms. The molecule has 5 nitrogen and oxygen atoms in total. The Balaban J connectivity index is 1.52. The Kier molecular flexibility index (Phi) is 10.7. The number of hydrogen-bond donors (Lipinski definition) is 2. The minimum atomic E-state index is -0.771. The third-order valence-electron chi connectivity index (χ3n) is 7.18. The van der Waals surface area contributed by atoms with Crippen LogP contribution in [0.25, 0.3) is 6.08 Å². The van der Waals surface area contributed by atoms with Crippen LogP contribution in [0.4, 0.5) is 4.39 Å². The molecule has 3 rings (SSSR count). The van der Waals surface area contributed by atoms with Crippen molar-refractivity contribution in [2.75, 3.05) is 19.7 Å². The Hall–Kier alpha value is -2.54. The standard InChI is InChI=1S/C30H40FNO4/c1-4-24(30(34)35)10-7-11-25-9-5-6-13-28(25)22(3)36-20-27(33)19-32-16-8-12-26(32)17-23-15-14-21(2)29(31)18-23/h5-7,9,11,13-15,18,22,24,26-27,33H,4,8,10,12,16-17,19-20H2,1-3H3,(H,34,35)/t22-,24?,26+,27-/m1/s1. The largest absolute Gasteiger partial charge is 0.481 e. The number of aliphatic carboxylic acids is 1. The fourth-order valence-electron chi connectivity index (χ4n) is 4.90. The monoisotopic (exact) mass is 497 g/mol. The molecule has 1 fully saturated rings. The molecule has 0 bridgehead atoms. The Morgan fingerprint density at radius 3 is 2.78 bits per heavy atom. The summed E-state index contributed by atoms with van der Waals surface area (Å²) in [7, 11) is 0. The zero-order chi connectivity index (χ0) is 26.1. The average Bonchev–Trinajstić information content (AvgIpc) is 3.28. The van der Waals surface area contributed by atoms with Gasteiger partial charge in [-0.2, -0.15) is 0 Å². The number of aliphatic hydroxyl groups is 1. The van der Waals surface area contributed by atoms with Gasteiger partial charge in [-0.25, -0.2) is 4.39 Å². The number of allylic oxidation sites excluding steroid dienone is 1. The average molecular weight is 498 g/mol. The summed E-state index contributed by atoms with van der Waals surface area (Å²) >= 11 is 0. The van der Waals surface area contributed by atoms with Crippen LogP contribution in [0.2, 0.25) is 0 Å². The molecule has 0 aliphatic carbocycles. The van der Waals surface area contributed by atoms with Crippen molar-refractivity contribution in [1.82, 2.24) is 4.90 Å².